The van der Waals surface area contributed by atoms with E-state index in [2.05, 4.69) is 98.2 Å². The van der Waals surface area contributed by atoms with Crippen LogP contribution in [0, 0.1) is 11.8 Å². The maximum absolute atomic E-state index is 2.78. The first-order valence-electron chi connectivity index (χ1n) is 10.7. The number of fused-ring (bicyclic) bond motifs is 1. The molecule has 4 rings (SSSR count). The first kappa shape index (κ1) is 18.7. The molecule has 27 heavy (non-hydrogen) atoms. The van der Waals surface area contributed by atoms with E-state index in [1.54, 1.807) is 0 Å². The van der Waals surface area contributed by atoms with Crippen molar-refractivity contribution in [3.05, 3.63) is 71.8 Å². The Morgan fingerprint density at radius 1 is 0.667 bits per heavy atom. The molecule has 2 aromatic rings. The maximum Gasteiger partial charge on any atom is 0.0524 e. The third-order valence-corrected chi connectivity index (χ3v) is 7.38. The summed E-state index contributed by atoms with van der Waals surface area (Å²) < 4.78 is 0. The number of hydrogen-bond donors (Lipinski definition) is 0. The van der Waals surface area contributed by atoms with Crippen LogP contribution in [-0.4, -0.2) is 28.6 Å². The van der Waals surface area contributed by atoms with Crippen molar-refractivity contribution in [1.29, 1.82) is 0 Å². The fraction of sp³-hybridized carbons (Fsp3) is 0.520. The lowest BCUT2D eigenvalue weighted by molar-refractivity contribution is 0.103. The zero-order valence-electron chi connectivity index (χ0n) is 17.3. The van der Waals surface area contributed by atoms with E-state index in [4.69, 9.17) is 0 Å². The zero-order chi connectivity index (χ0) is 19.0. The molecule has 2 fully saturated rings. The molecule has 0 aromatic heterocycles. The van der Waals surface area contributed by atoms with Gasteiger partial charge in [0.1, 0.15) is 0 Å². The van der Waals surface area contributed by atoms with Crippen LogP contribution in [0.4, 0.5) is 0 Å². The van der Waals surface area contributed by atoms with Crippen LogP contribution >= 0.6 is 0 Å². The van der Waals surface area contributed by atoms with Crippen LogP contribution < -0.4 is 0 Å². The highest BCUT2D eigenvalue weighted by molar-refractivity contribution is 5.22. The number of hydrogen-bond acceptors (Lipinski definition) is 2. The molecule has 2 heteroatoms. The summed E-state index contributed by atoms with van der Waals surface area (Å²) in [4.78, 5) is 5.56. The molecule has 144 valence electrons. The van der Waals surface area contributed by atoms with Gasteiger partial charge in [-0.05, 0) is 49.7 Å². The molecule has 0 N–H and O–H groups in total. The van der Waals surface area contributed by atoms with Crippen LogP contribution in [0.1, 0.15) is 63.7 Å². The van der Waals surface area contributed by atoms with Crippen molar-refractivity contribution in [2.75, 3.05) is 6.67 Å². The van der Waals surface area contributed by atoms with Gasteiger partial charge < -0.3 is 0 Å². The summed E-state index contributed by atoms with van der Waals surface area (Å²) in [6.45, 7) is 10.8. The monoisotopic (exact) mass is 362 g/mol. The Labute approximate surface area is 165 Å². The Balaban J connectivity index is 1.63. The Kier molecular flexibility index (Phi) is 5.39. The van der Waals surface area contributed by atoms with E-state index >= 15 is 0 Å². The third kappa shape index (κ3) is 3.58. The summed E-state index contributed by atoms with van der Waals surface area (Å²) in [6.07, 6.45) is 2.64. The number of benzene rings is 2. The van der Waals surface area contributed by atoms with Crippen molar-refractivity contribution >= 4 is 0 Å². The van der Waals surface area contributed by atoms with E-state index in [0.717, 1.165) is 18.5 Å². The van der Waals surface area contributed by atoms with Crippen molar-refractivity contribution in [1.82, 2.24) is 9.80 Å². The lowest BCUT2D eigenvalue weighted by atomic mass is 9.75. The summed E-state index contributed by atoms with van der Waals surface area (Å²) >= 11 is 0. The molecule has 1 saturated heterocycles. The van der Waals surface area contributed by atoms with E-state index in [1.807, 2.05) is 0 Å². The van der Waals surface area contributed by atoms with Crippen LogP contribution in [0.2, 0.25) is 0 Å². The Hall–Kier alpha value is -1.64. The lowest BCUT2D eigenvalue weighted by Gasteiger charge is -2.41. The molecular formula is C25H34N2. The molecule has 6 atom stereocenters. The molecule has 1 aliphatic heterocycles. The largest absolute Gasteiger partial charge is 0.279 e. The predicted octanol–water partition coefficient (Wildman–Crippen LogP) is 5.89. The van der Waals surface area contributed by atoms with Crippen molar-refractivity contribution in [2.45, 2.75) is 64.7 Å². The topological polar surface area (TPSA) is 6.48 Å². The summed E-state index contributed by atoms with van der Waals surface area (Å²) in [7, 11) is 0. The summed E-state index contributed by atoms with van der Waals surface area (Å²) in [5.41, 5.74) is 2.88. The first-order valence-corrected chi connectivity index (χ1v) is 10.7. The Morgan fingerprint density at radius 2 is 1.04 bits per heavy atom. The minimum atomic E-state index is 0.465. The highest BCUT2D eigenvalue weighted by Gasteiger charge is 2.47. The normalized spacial score (nSPS) is 31.4. The molecule has 1 heterocycles. The van der Waals surface area contributed by atoms with Gasteiger partial charge in [0.25, 0.3) is 0 Å². The summed E-state index contributed by atoms with van der Waals surface area (Å²) in [5.74, 6) is 1.62. The van der Waals surface area contributed by atoms with E-state index in [9.17, 15) is 0 Å². The van der Waals surface area contributed by atoms with E-state index in [-0.39, 0.29) is 0 Å². The van der Waals surface area contributed by atoms with Gasteiger partial charge >= 0.3 is 0 Å². The highest BCUT2D eigenvalue weighted by atomic mass is 15.4. The Morgan fingerprint density at radius 3 is 1.41 bits per heavy atom. The van der Waals surface area contributed by atoms with Crippen molar-refractivity contribution in [3.63, 3.8) is 0 Å². The second-order valence-electron chi connectivity index (χ2n) is 8.90. The molecule has 0 spiro atoms. The van der Waals surface area contributed by atoms with Crippen LogP contribution in [0.25, 0.3) is 0 Å². The van der Waals surface area contributed by atoms with E-state index < -0.39 is 0 Å². The van der Waals surface area contributed by atoms with E-state index in [1.165, 1.54) is 24.0 Å². The minimum Gasteiger partial charge on any atom is -0.279 e. The SMILES string of the molecule is C[C@H]1C[C@@H]2[C@@H](C[C@@H]1C)N([C@@H](C)c1ccccc1)CN2[C@@H](C)c1ccccc1. The fourth-order valence-electron chi connectivity index (χ4n) is 5.32. The van der Waals surface area contributed by atoms with Gasteiger partial charge in [-0.1, -0.05) is 74.5 Å². The van der Waals surface area contributed by atoms with Crippen molar-refractivity contribution in [2.24, 2.45) is 11.8 Å². The minimum absolute atomic E-state index is 0.465. The third-order valence-electron chi connectivity index (χ3n) is 7.38. The van der Waals surface area contributed by atoms with Crippen molar-refractivity contribution < 1.29 is 0 Å². The van der Waals surface area contributed by atoms with Crippen LogP contribution in [0.3, 0.4) is 0 Å². The van der Waals surface area contributed by atoms with Crippen LogP contribution in [0.15, 0.2) is 60.7 Å². The molecule has 0 radical (unpaired) electrons. The van der Waals surface area contributed by atoms with Gasteiger partial charge in [0, 0.05) is 24.2 Å². The predicted molar refractivity (Wildman–Crippen MR) is 113 cm³/mol. The van der Waals surface area contributed by atoms with Gasteiger partial charge in [-0.15, -0.1) is 0 Å². The highest BCUT2D eigenvalue weighted by Crippen LogP contribution is 2.44. The molecule has 1 saturated carbocycles. The van der Waals surface area contributed by atoms with Crippen molar-refractivity contribution in [3.8, 4) is 0 Å². The van der Waals surface area contributed by atoms with Gasteiger partial charge in [-0.3, -0.25) is 9.80 Å². The quantitative estimate of drug-likeness (QED) is 0.669. The van der Waals surface area contributed by atoms with E-state index in [0.29, 0.717) is 24.2 Å². The molecular weight excluding hydrogens is 328 g/mol. The standard InChI is InChI=1S/C25H34N2/c1-18-15-24-25(16-19(18)2)27(21(4)23-13-9-6-10-14-23)17-26(24)20(3)22-11-7-5-8-12-22/h5-14,18-21,24-25H,15-17H2,1-4H3/t18-,19-,20-,21-,24+,25+/m0/s1. The summed E-state index contributed by atoms with van der Waals surface area (Å²) in [5, 5.41) is 0. The van der Waals surface area contributed by atoms with Gasteiger partial charge in [-0.2, -0.15) is 0 Å². The van der Waals surface area contributed by atoms with Crippen LogP contribution in [0.5, 0.6) is 0 Å². The molecule has 2 nitrogen and oxygen atoms in total. The van der Waals surface area contributed by atoms with Gasteiger partial charge in [-0.25, -0.2) is 0 Å². The molecule has 0 bridgehead atoms. The summed E-state index contributed by atoms with van der Waals surface area (Å²) in [6, 6.07) is 24.4. The second kappa shape index (κ2) is 7.77. The average Bonchev–Trinajstić information content (AvgIpc) is 3.06. The van der Waals surface area contributed by atoms with Gasteiger partial charge in [0.2, 0.25) is 0 Å². The zero-order valence-corrected chi connectivity index (χ0v) is 17.3. The van der Waals surface area contributed by atoms with Gasteiger partial charge in [0.15, 0.2) is 0 Å². The molecule has 1 aliphatic carbocycles. The smallest absolute Gasteiger partial charge is 0.0524 e. The molecule has 2 aliphatic rings. The first-order chi connectivity index (χ1) is 13.1. The second-order valence-corrected chi connectivity index (χ2v) is 8.90. The molecule has 0 unspecified atom stereocenters. The fourth-order valence-corrected chi connectivity index (χ4v) is 5.32. The Bertz CT molecular complexity index is 665. The molecule has 2 aromatic carbocycles. The maximum atomic E-state index is 2.78. The lowest BCUT2D eigenvalue weighted by Crippen LogP contribution is -2.45. The average molecular weight is 363 g/mol. The number of rotatable bonds is 4. The number of nitrogens with zero attached hydrogens (tertiary/aromatic N) is 2. The van der Waals surface area contributed by atoms with Crippen LogP contribution in [-0.2, 0) is 0 Å². The molecule has 0 amide bonds. The van der Waals surface area contributed by atoms with Gasteiger partial charge in [0.05, 0.1) is 6.67 Å².